The van der Waals surface area contributed by atoms with Crippen LogP contribution >= 0.6 is 23.2 Å². The first kappa shape index (κ1) is 21.1. The van der Waals surface area contributed by atoms with Crippen LogP contribution in [0.3, 0.4) is 0 Å². The molecule has 8 heteroatoms. The summed E-state index contributed by atoms with van der Waals surface area (Å²) in [6.45, 7) is 3.20. The average Bonchev–Trinajstić information content (AvgIpc) is 2.93. The van der Waals surface area contributed by atoms with Crippen molar-refractivity contribution in [1.29, 1.82) is 0 Å². The molecule has 1 saturated heterocycles. The zero-order valence-electron chi connectivity index (χ0n) is 16.0. The quantitative estimate of drug-likeness (QED) is 0.674. The van der Waals surface area contributed by atoms with E-state index in [4.69, 9.17) is 23.2 Å². The lowest BCUT2D eigenvalue weighted by molar-refractivity contribution is -0.135. The van der Waals surface area contributed by atoms with Crippen molar-refractivity contribution < 1.29 is 14.4 Å². The summed E-state index contributed by atoms with van der Waals surface area (Å²) in [6.07, 6.45) is 0.372. The molecule has 1 fully saturated rings. The average molecular weight is 434 g/mol. The van der Waals surface area contributed by atoms with E-state index in [0.717, 1.165) is 4.90 Å². The molecule has 1 aliphatic rings. The van der Waals surface area contributed by atoms with Gasteiger partial charge >= 0.3 is 6.03 Å². The molecule has 0 bridgehead atoms. The Kier molecular flexibility index (Phi) is 6.15. The summed E-state index contributed by atoms with van der Waals surface area (Å²) < 4.78 is 0. The molecule has 1 heterocycles. The van der Waals surface area contributed by atoms with Crippen LogP contribution in [0.2, 0.25) is 10.0 Å². The molecule has 4 amide bonds. The fourth-order valence-corrected chi connectivity index (χ4v) is 4.07. The molecule has 3 rings (SSSR count). The first-order valence-corrected chi connectivity index (χ1v) is 9.98. The maximum absolute atomic E-state index is 13.1. The molecule has 2 N–H and O–H groups in total. The smallest absolute Gasteiger partial charge is 0.325 e. The summed E-state index contributed by atoms with van der Waals surface area (Å²) in [5.41, 5.74) is 0.211. The van der Waals surface area contributed by atoms with E-state index in [1.165, 1.54) is 0 Å². The Morgan fingerprint density at radius 2 is 1.86 bits per heavy atom. The van der Waals surface area contributed by atoms with Crippen molar-refractivity contribution in [3.8, 4) is 0 Å². The summed E-state index contributed by atoms with van der Waals surface area (Å²) >= 11 is 12.1. The highest BCUT2D eigenvalue weighted by Gasteiger charge is 2.51. The number of carbonyl (C=O) groups excluding carboxylic acids is 3. The van der Waals surface area contributed by atoms with Crippen LogP contribution in [0, 0.1) is 0 Å². The molecule has 0 unspecified atom stereocenters. The predicted molar refractivity (Wildman–Crippen MR) is 112 cm³/mol. The molecule has 0 spiro atoms. The fourth-order valence-electron chi connectivity index (χ4n) is 3.49. The minimum Gasteiger partial charge on any atom is -0.348 e. The predicted octanol–water partition coefficient (Wildman–Crippen LogP) is 4.03. The third kappa shape index (κ3) is 4.09. The number of imide groups is 1. The first-order chi connectivity index (χ1) is 13.8. The van der Waals surface area contributed by atoms with Crippen LogP contribution in [0.1, 0.15) is 37.4 Å². The summed E-state index contributed by atoms with van der Waals surface area (Å²) in [5, 5.41) is 6.45. The Balaban J connectivity index is 1.73. The van der Waals surface area contributed by atoms with Crippen molar-refractivity contribution >= 4 is 41.0 Å². The number of halogens is 2. The zero-order valence-corrected chi connectivity index (χ0v) is 17.6. The first-order valence-electron chi connectivity index (χ1n) is 9.22. The number of benzene rings is 2. The molecule has 2 atom stereocenters. The molecule has 152 valence electrons. The normalized spacial score (nSPS) is 19.8. The second-order valence-corrected chi connectivity index (χ2v) is 7.75. The molecule has 29 heavy (non-hydrogen) atoms. The van der Waals surface area contributed by atoms with Crippen LogP contribution in [0.5, 0.6) is 0 Å². The van der Waals surface area contributed by atoms with Crippen LogP contribution in [0.4, 0.5) is 4.79 Å². The third-order valence-corrected chi connectivity index (χ3v) is 5.64. The lowest BCUT2D eigenvalue weighted by Crippen LogP contribution is -2.45. The highest BCUT2D eigenvalue weighted by molar-refractivity contribution is 6.35. The van der Waals surface area contributed by atoms with Gasteiger partial charge in [0.05, 0.1) is 6.04 Å². The van der Waals surface area contributed by atoms with Crippen LogP contribution in [0.25, 0.3) is 0 Å². The fraction of sp³-hybridized carbons (Fsp3) is 0.286. The minimum absolute atomic E-state index is 0.372. The number of amides is 4. The standard InChI is InChI=1S/C21H21Cl2N3O3/c1-3-21(14-7-5-4-6-8-14)19(28)26(20(29)25-21)12-18(27)24-13(2)16-10-9-15(22)11-17(16)23/h4-11,13H,3,12H2,1-2H3,(H,24,27)(H,25,29)/t13-,21+/m0/s1. The number of nitrogens with one attached hydrogen (secondary N) is 2. The van der Waals surface area contributed by atoms with Gasteiger partial charge < -0.3 is 10.6 Å². The molecule has 1 aliphatic heterocycles. The Morgan fingerprint density at radius 3 is 2.48 bits per heavy atom. The third-order valence-electron chi connectivity index (χ3n) is 5.08. The van der Waals surface area contributed by atoms with Crippen molar-refractivity contribution in [3.05, 3.63) is 69.7 Å². The number of nitrogens with zero attached hydrogens (tertiary/aromatic N) is 1. The summed E-state index contributed by atoms with van der Waals surface area (Å²) in [6, 6.07) is 13.0. The molecule has 2 aromatic carbocycles. The van der Waals surface area contributed by atoms with E-state index < -0.39 is 29.4 Å². The summed E-state index contributed by atoms with van der Waals surface area (Å²) in [5.74, 6) is -0.907. The Labute approximate surface area is 179 Å². The van der Waals surface area contributed by atoms with Gasteiger partial charge in [0, 0.05) is 10.0 Å². The molecular weight excluding hydrogens is 413 g/mol. The van der Waals surface area contributed by atoms with Gasteiger partial charge in [-0.2, -0.15) is 0 Å². The van der Waals surface area contributed by atoms with Crippen molar-refractivity contribution in [1.82, 2.24) is 15.5 Å². The van der Waals surface area contributed by atoms with Gasteiger partial charge in [-0.05, 0) is 36.6 Å². The van der Waals surface area contributed by atoms with Gasteiger partial charge in [-0.15, -0.1) is 0 Å². The topological polar surface area (TPSA) is 78.5 Å². The van der Waals surface area contributed by atoms with E-state index in [1.807, 2.05) is 13.0 Å². The van der Waals surface area contributed by atoms with Crippen LogP contribution in [-0.4, -0.2) is 29.3 Å². The molecule has 0 saturated carbocycles. The van der Waals surface area contributed by atoms with E-state index in [1.54, 1.807) is 49.4 Å². The highest BCUT2D eigenvalue weighted by Crippen LogP contribution is 2.32. The monoisotopic (exact) mass is 433 g/mol. The van der Waals surface area contributed by atoms with Crippen molar-refractivity contribution in [2.45, 2.75) is 31.8 Å². The van der Waals surface area contributed by atoms with Crippen LogP contribution in [-0.2, 0) is 15.1 Å². The summed E-state index contributed by atoms with van der Waals surface area (Å²) in [7, 11) is 0. The van der Waals surface area contributed by atoms with Gasteiger partial charge in [0.15, 0.2) is 0 Å². The summed E-state index contributed by atoms with van der Waals surface area (Å²) in [4.78, 5) is 39.1. The second-order valence-electron chi connectivity index (χ2n) is 6.90. The maximum Gasteiger partial charge on any atom is 0.325 e. The largest absolute Gasteiger partial charge is 0.348 e. The molecule has 2 aromatic rings. The molecule has 0 aliphatic carbocycles. The maximum atomic E-state index is 13.1. The Bertz CT molecular complexity index is 951. The van der Waals surface area contributed by atoms with Crippen LogP contribution in [0.15, 0.2) is 48.5 Å². The number of rotatable bonds is 6. The van der Waals surface area contributed by atoms with E-state index in [0.29, 0.717) is 27.6 Å². The van der Waals surface area contributed by atoms with E-state index in [2.05, 4.69) is 10.6 Å². The molecule has 0 aromatic heterocycles. The van der Waals surface area contributed by atoms with E-state index >= 15 is 0 Å². The second kappa shape index (κ2) is 8.43. The van der Waals surface area contributed by atoms with E-state index in [-0.39, 0.29) is 6.54 Å². The number of urea groups is 1. The van der Waals surface area contributed by atoms with Gasteiger partial charge in [0.2, 0.25) is 5.91 Å². The number of hydrogen-bond donors (Lipinski definition) is 2. The minimum atomic E-state index is -1.16. The lowest BCUT2D eigenvalue weighted by Gasteiger charge is -2.25. The SMILES string of the molecule is CC[C@]1(c2ccccc2)NC(=O)N(CC(=O)N[C@@H](C)c2ccc(Cl)cc2Cl)C1=O. The molecular formula is C21H21Cl2N3O3. The van der Waals surface area contributed by atoms with Crippen molar-refractivity contribution in [3.63, 3.8) is 0 Å². The zero-order chi connectivity index (χ0) is 21.2. The van der Waals surface area contributed by atoms with Crippen molar-refractivity contribution in [2.75, 3.05) is 6.54 Å². The lowest BCUT2D eigenvalue weighted by atomic mass is 9.87. The van der Waals surface area contributed by atoms with Gasteiger partial charge in [0.1, 0.15) is 12.1 Å². The van der Waals surface area contributed by atoms with Crippen LogP contribution < -0.4 is 10.6 Å². The van der Waals surface area contributed by atoms with Crippen molar-refractivity contribution in [2.24, 2.45) is 0 Å². The number of carbonyl (C=O) groups is 3. The van der Waals surface area contributed by atoms with E-state index in [9.17, 15) is 14.4 Å². The van der Waals surface area contributed by atoms with Gasteiger partial charge in [0.25, 0.3) is 5.91 Å². The van der Waals surface area contributed by atoms with Gasteiger partial charge in [-0.25, -0.2) is 4.79 Å². The van der Waals surface area contributed by atoms with Gasteiger partial charge in [-0.3, -0.25) is 14.5 Å². The Hall–Kier alpha value is -2.57. The molecule has 0 radical (unpaired) electrons. The molecule has 6 nitrogen and oxygen atoms in total. The highest BCUT2D eigenvalue weighted by atomic mass is 35.5. The Morgan fingerprint density at radius 1 is 1.17 bits per heavy atom. The van der Waals surface area contributed by atoms with Gasteiger partial charge in [-0.1, -0.05) is 66.5 Å². The number of hydrogen-bond acceptors (Lipinski definition) is 3.